The molecule has 1 N–H and O–H groups in total. The van der Waals surface area contributed by atoms with Gasteiger partial charge in [0.05, 0.1) is 0 Å². The van der Waals surface area contributed by atoms with Crippen molar-refractivity contribution in [2.75, 3.05) is 6.26 Å². The van der Waals surface area contributed by atoms with E-state index in [1.807, 2.05) is 0 Å². The van der Waals surface area contributed by atoms with Crippen LogP contribution >= 0.6 is 0 Å². The summed E-state index contributed by atoms with van der Waals surface area (Å²) >= 11 is 0. The maximum absolute atomic E-state index is 12.0. The number of hydrogen-bond donors (Lipinski definition) is 1. The number of benzene rings is 1. The first kappa shape index (κ1) is 11.5. The molecule has 1 aromatic carbocycles. The molecule has 0 aliphatic heterocycles. The van der Waals surface area contributed by atoms with Gasteiger partial charge in [0.15, 0.2) is 9.84 Å². The molecule has 0 heterocycles. The fourth-order valence-electron chi connectivity index (χ4n) is 2.64. The van der Waals surface area contributed by atoms with Gasteiger partial charge in [-0.2, -0.15) is 0 Å². The highest BCUT2D eigenvalue weighted by Gasteiger charge is 2.46. The monoisotopic (exact) mass is 240 g/mol. The first-order chi connectivity index (χ1) is 7.47. The van der Waals surface area contributed by atoms with Gasteiger partial charge in [-0.15, -0.1) is 0 Å². The summed E-state index contributed by atoms with van der Waals surface area (Å²) in [7, 11) is -3.20. The van der Waals surface area contributed by atoms with Crippen molar-refractivity contribution in [2.45, 2.75) is 30.4 Å². The first-order valence-corrected chi connectivity index (χ1v) is 7.35. The van der Waals surface area contributed by atoms with E-state index < -0.39 is 14.6 Å². The molecule has 0 radical (unpaired) electrons. The minimum atomic E-state index is -3.20. The van der Waals surface area contributed by atoms with Crippen LogP contribution in [0.15, 0.2) is 24.3 Å². The van der Waals surface area contributed by atoms with Crippen LogP contribution in [0.4, 0.5) is 0 Å². The van der Waals surface area contributed by atoms with Crippen LogP contribution in [0.2, 0.25) is 0 Å². The van der Waals surface area contributed by atoms with Gasteiger partial charge < -0.3 is 5.11 Å². The number of rotatable bonds is 2. The first-order valence-electron chi connectivity index (χ1n) is 5.45. The van der Waals surface area contributed by atoms with Crippen molar-refractivity contribution in [1.82, 2.24) is 0 Å². The third-order valence-corrected chi connectivity index (χ3v) is 5.56. The lowest BCUT2D eigenvalue weighted by Crippen LogP contribution is -2.32. The molecule has 0 aromatic heterocycles. The molecule has 2 rings (SSSR count). The Kier molecular flexibility index (Phi) is 2.70. The summed E-state index contributed by atoms with van der Waals surface area (Å²) in [6.07, 6.45) is 4.31. The third kappa shape index (κ3) is 1.61. The van der Waals surface area contributed by atoms with Gasteiger partial charge in [0, 0.05) is 11.8 Å². The molecule has 0 spiro atoms. The lowest BCUT2D eigenvalue weighted by Gasteiger charge is -2.28. The van der Waals surface area contributed by atoms with Gasteiger partial charge in [-0.25, -0.2) is 8.42 Å². The Hall–Kier alpha value is -1.03. The van der Waals surface area contributed by atoms with E-state index in [4.69, 9.17) is 0 Å². The molecule has 3 nitrogen and oxygen atoms in total. The van der Waals surface area contributed by atoms with E-state index in [9.17, 15) is 13.5 Å². The van der Waals surface area contributed by atoms with E-state index in [1.165, 1.54) is 6.26 Å². The summed E-state index contributed by atoms with van der Waals surface area (Å²) in [5.41, 5.74) is 0.565. The van der Waals surface area contributed by atoms with E-state index >= 15 is 0 Å². The van der Waals surface area contributed by atoms with Crippen molar-refractivity contribution >= 4 is 9.84 Å². The number of sulfone groups is 1. The molecule has 16 heavy (non-hydrogen) atoms. The Bertz CT molecular complexity index is 485. The van der Waals surface area contributed by atoms with E-state index in [0.29, 0.717) is 18.4 Å². The normalized spacial score (nSPS) is 19.8. The molecule has 0 unspecified atom stereocenters. The van der Waals surface area contributed by atoms with Gasteiger partial charge in [0.1, 0.15) is 10.5 Å². The van der Waals surface area contributed by atoms with E-state index in [1.54, 1.807) is 24.3 Å². The SMILES string of the molecule is CS(=O)(=O)C1(c2ccccc2O)CCCC1. The molecule has 0 bridgehead atoms. The summed E-state index contributed by atoms with van der Waals surface area (Å²) in [6.45, 7) is 0. The Morgan fingerprint density at radius 1 is 1.19 bits per heavy atom. The highest BCUT2D eigenvalue weighted by molar-refractivity contribution is 7.91. The van der Waals surface area contributed by atoms with Crippen molar-refractivity contribution < 1.29 is 13.5 Å². The van der Waals surface area contributed by atoms with Crippen LogP contribution in [-0.2, 0) is 14.6 Å². The number of phenols is 1. The highest BCUT2D eigenvalue weighted by Crippen LogP contribution is 2.47. The van der Waals surface area contributed by atoms with E-state index in [0.717, 1.165) is 12.8 Å². The average molecular weight is 240 g/mol. The average Bonchev–Trinajstić information content (AvgIpc) is 2.67. The quantitative estimate of drug-likeness (QED) is 0.862. The number of aromatic hydroxyl groups is 1. The predicted octanol–water partition coefficient (Wildman–Crippen LogP) is 2.21. The van der Waals surface area contributed by atoms with Gasteiger partial charge in [0.2, 0.25) is 0 Å². The van der Waals surface area contributed by atoms with Crippen molar-refractivity contribution in [2.24, 2.45) is 0 Å². The van der Waals surface area contributed by atoms with Crippen molar-refractivity contribution in [3.05, 3.63) is 29.8 Å². The van der Waals surface area contributed by atoms with Crippen LogP contribution in [0.1, 0.15) is 31.2 Å². The topological polar surface area (TPSA) is 54.4 Å². The van der Waals surface area contributed by atoms with Crippen LogP contribution < -0.4 is 0 Å². The largest absolute Gasteiger partial charge is 0.508 e. The number of hydrogen-bond acceptors (Lipinski definition) is 3. The molecule has 1 aromatic rings. The molecule has 1 aliphatic carbocycles. The van der Waals surface area contributed by atoms with Crippen LogP contribution in [0, 0.1) is 0 Å². The third-order valence-electron chi connectivity index (χ3n) is 3.52. The summed E-state index contributed by atoms with van der Waals surface area (Å²) in [6, 6.07) is 6.77. The molecule has 1 aliphatic rings. The smallest absolute Gasteiger partial charge is 0.157 e. The van der Waals surface area contributed by atoms with Crippen LogP contribution in [0.5, 0.6) is 5.75 Å². The van der Waals surface area contributed by atoms with Gasteiger partial charge in [0.25, 0.3) is 0 Å². The Morgan fingerprint density at radius 2 is 1.75 bits per heavy atom. The second kappa shape index (κ2) is 3.77. The second-order valence-corrected chi connectivity index (χ2v) is 6.82. The number of para-hydroxylation sites is 1. The van der Waals surface area contributed by atoms with E-state index in [-0.39, 0.29) is 5.75 Å². The molecule has 0 amide bonds. The standard InChI is InChI=1S/C12H16O3S/c1-16(14,15)12(8-4-5-9-12)10-6-2-3-7-11(10)13/h2-3,6-7,13H,4-5,8-9H2,1H3. The maximum atomic E-state index is 12.0. The van der Waals surface area contributed by atoms with E-state index in [2.05, 4.69) is 0 Å². The maximum Gasteiger partial charge on any atom is 0.157 e. The molecule has 0 saturated heterocycles. The highest BCUT2D eigenvalue weighted by atomic mass is 32.2. The van der Waals surface area contributed by atoms with Gasteiger partial charge >= 0.3 is 0 Å². The van der Waals surface area contributed by atoms with Crippen molar-refractivity contribution in [3.63, 3.8) is 0 Å². The Labute approximate surface area is 96.0 Å². The minimum Gasteiger partial charge on any atom is -0.508 e. The summed E-state index contributed by atoms with van der Waals surface area (Å²) in [5, 5.41) is 9.84. The van der Waals surface area contributed by atoms with Crippen LogP contribution in [0.3, 0.4) is 0 Å². The van der Waals surface area contributed by atoms with Crippen molar-refractivity contribution in [1.29, 1.82) is 0 Å². The summed E-state index contributed by atoms with van der Waals surface area (Å²) in [5.74, 6) is 0.0924. The Balaban J connectivity index is 2.62. The summed E-state index contributed by atoms with van der Waals surface area (Å²) in [4.78, 5) is 0. The Morgan fingerprint density at radius 3 is 2.25 bits per heavy atom. The number of phenolic OH excluding ortho intramolecular Hbond substituents is 1. The molecule has 4 heteroatoms. The van der Waals surface area contributed by atoms with Gasteiger partial charge in [-0.3, -0.25) is 0 Å². The molecule has 1 saturated carbocycles. The fraction of sp³-hybridized carbons (Fsp3) is 0.500. The molecular formula is C12H16O3S. The lowest BCUT2D eigenvalue weighted by atomic mass is 9.95. The zero-order valence-corrected chi connectivity index (χ0v) is 10.1. The second-order valence-electron chi connectivity index (χ2n) is 4.49. The molecule has 88 valence electrons. The molecule has 0 atom stereocenters. The zero-order chi connectivity index (χ0) is 11.8. The van der Waals surface area contributed by atoms with Gasteiger partial charge in [-0.05, 0) is 18.9 Å². The summed E-state index contributed by atoms with van der Waals surface area (Å²) < 4.78 is 23.1. The van der Waals surface area contributed by atoms with Crippen molar-refractivity contribution in [3.8, 4) is 5.75 Å². The minimum absolute atomic E-state index is 0.0924. The van der Waals surface area contributed by atoms with Crippen LogP contribution in [0.25, 0.3) is 0 Å². The van der Waals surface area contributed by atoms with Gasteiger partial charge in [-0.1, -0.05) is 31.0 Å². The van der Waals surface area contributed by atoms with Crippen LogP contribution in [-0.4, -0.2) is 19.8 Å². The fourth-order valence-corrected chi connectivity index (χ4v) is 4.25. The molecule has 1 fully saturated rings. The predicted molar refractivity (Wildman–Crippen MR) is 63.1 cm³/mol. The molecular weight excluding hydrogens is 224 g/mol. The lowest BCUT2D eigenvalue weighted by molar-refractivity contribution is 0.447. The zero-order valence-electron chi connectivity index (χ0n) is 9.31.